The molecule has 9 heteroatoms. The molecule has 0 saturated heterocycles. The third-order valence-corrected chi connectivity index (χ3v) is 6.00. The molecule has 156 valence electrons. The van der Waals surface area contributed by atoms with Gasteiger partial charge in [-0.05, 0) is 26.0 Å². The number of hydrogen-bond donors (Lipinski definition) is 1. The minimum atomic E-state index is -0.326. The van der Waals surface area contributed by atoms with Gasteiger partial charge in [-0.1, -0.05) is 12.1 Å². The van der Waals surface area contributed by atoms with Gasteiger partial charge in [-0.3, -0.25) is 9.36 Å². The van der Waals surface area contributed by atoms with Crippen molar-refractivity contribution < 1.29 is 4.74 Å². The average Bonchev–Trinajstić information content (AvgIpc) is 3.43. The van der Waals surface area contributed by atoms with Crippen LogP contribution in [0.25, 0.3) is 5.70 Å². The van der Waals surface area contributed by atoms with Crippen LogP contribution in [0.4, 0.5) is 5.95 Å². The van der Waals surface area contributed by atoms with Crippen LogP contribution in [0, 0.1) is 13.8 Å². The number of ether oxygens (including phenoxy) is 1. The number of anilines is 1. The molecule has 4 aromatic rings. The van der Waals surface area contributed by atoms with Crippen LogP contribution in [-0.4, -0.2) is 34.3 Å². The summed E-state index contributed by atoms with van der Waals surface area (Å²) in [6.07, 6.45) is 5.34. The molecule has 5 heterocycles. The zero-order valence-electron chi connectivity index (χ0n) is 17.7. The van der Waals surface area contributed by atoms with E-state index in [0.717, 1.165) is 45.1 Å². The number of nitrogens with zero attached hydrogens (tertiary/aromatic N) is 7. The Hall–Kier alpha value is -3.88. The second-order valence-electron chi connectivity index (χ2n) is 8.07. The van der Waals surface area contributed by atoms with E-state index in [1.807, 2.05) is 66.4 Å². The summed E-state index contributed by atoms with van der Waals surface area (Å²) in [5.74, 6) is 1.53. The van der Waals surface area contributed by atoms with Gasteiger partial charge < -0.3 is 10.1 Å². The Kier molecular flexibility index (Phi) is 3.65. The Bertz CT molecular complexity index is 1360. The zero-order chi connectivity index (χ0) is 21.3. The smallest absolute Gasteiger partial charge is 0.226 e. The van der Waals surface area contributed by atoms with Crippen LogP contribution in [0.5, 0.6) is 5.75 Å². The van der Waals surface area contributed by atoms with E-state index in [0.29, 0.717) is 5.95 Å². The van der Waals surface area contributed by atoms with E-state index in [9.17, 15) is 0 Å². The standard InChI is InChI=1S/C22H22N8O/c1-12-15(9-28(3)26-12)20-18-19(25-22-23-11-24-30(20)22)14-7-5-6-8-17(14)31-21(18)16-10-29(4)27-13(16)2/h5-11,20-21H,1-4H3,(H,23,24,25)/t20-,21-/m1/s1. The van der Waals surface area contributed by atoms with Gasteiger partial charge in [0.1, 0.15) is 18.1 Å². The molecule has 0 radical (unpaired) electrons. The van der Waals surface area contributed by atoms with Gasteiger partial charge in [0.15, 0.2) is 6.10 Å². The number of aryl methyl sites for hydroxylation is 4. The monoisotopic (exact) mass is 414 g/mol. The normalized spacial score (nSPS) is 19.4. The predicted molar refractivity (Wildman–Crippen MR) is 114 cm³/mol. The van der Waals surface area contributed by atoms with Gasteiger partial charge in [0.05, 0.1) is 17.1 Å². The van der Waals surface area contributed by atoms with Gasteiger partial charge in [-0.2, -0.15) is 20.3 Å². The van der Waals surface area contributed by atoms with Crippen LogP contribution in [0.1, 0.15) is 40.2 Å². The molecule has 0 aliphatic carbocycles. The van der Waals surface area contributed by atoms with E-state index in [1.54, 1.807) is 6.33 Å². The summed E-state index contributed by atoms with van der Waals surface area (Å²) in [6, 6.07) is 7.88. The lowest BCUT2D eigenvalue weighted by Gasteiger charge is -2.38. The van der Waals surface area contributed by atoms with Gasteiger partial charge in [0.25, 0.3) is 0 Å². The van der Waals surface area contributed by atoms with Crippen LogP contribution in [0.2, 0.25) is 0 Å². The maximum atomic E-state index is 6.63. The molecule has 0 saturated carbocycles. The maximum absolute atomic E-state index is 6.63. The van der Waals surface area contributed by atoms with Crippen LogP contribution < -0.4 is 10.1 Å². The molecular weight excluding hydrogens is 392 g/mol. The molecule has 31 heavy (non-hydrogen) atoms. The van der Waals surface area contributed by atoms with Crippen LogP contribution >= 0.6 is 0 Å². The molecule has 0 spiro atoms. The summed E-state index contributed by atoms with van der Waals surface area (Å²) in [5, 5.41) is 17.3. The van der Waals surface area contributed by atoms with Gasteiger partial charge >= 0.3 is 0 Å². The first-order chi connectivity index (χ1) is 15.0. The Morgan fingerprint density at radius 2 is 1.68 bits per heavy atom. The molecule has 3 aromatic heterocycles. The van der Waals surface area contributed by atoms with Crippen LogP contribution in [-0.2, 0) is 14.1 Å². The Morgan fingerprint density at radius 3 is 2.39 bits per heavy atom. The molecule has 1 aromatic carbocycles. The number of para-hydroxylation sites is 1. The highest BCUT2D eigenvalue weighted by Crippen LogP contribution is 2.51. The zero-order valence-corrected chi connectivity index (χ0v) is 17.7. The first kappa shape index (κ1) is 17.9. The van der Waals surface area contributed by atoms with Gasteiger partial charge in [-0.25, -0.2) is 4.68 Å². The SMILES string of the molecule is Cc1nn(C)cc1[C@H]1Oc2ccccc2C2=C1[C@@H](c1cn(C)nc1C)n1ncnc1N2. The van der Waals surface area contributed by atoms with E-state index in [2.05, 4.69) is 37.9 Å². The fourth-order valence-electron chi connectivity index (χ4n) is 4.74. The average molecular weight is 414 g/mol. The maximum Gasteiger partial charge on any atom is 0.226 e. The first-order valence-electron chi connectivity index (χ1n) is 10.2. The number of rotatable bonds is 2. The number of aromatic nitrogens is 7. The molecule has 0 amide bonds. The lowest BCUT2D eigenvalue weighted by atomic mass is 9.85. The highest BCUT2D eigenvalue weighted by atomic mass is 16.5. The number of benzene rings is 1. The van der Waals surface area contributed by atoms with Gasteiger partial charge in [0, 0.05) is 48.8 Å². The Morgan fingerprint density at radius 1 is 0.968 bits per heavy atom. The molecule has 2 aliphatic heterocycles. The van der Waals surface area contributed by atoms with Crippen molar-refractivity contribution in [1.82, 2.24) is 34.3 Å². The molecule has 2 atom stereocenters. The highest BCUT2D eigenvalue weighted by molar-refractivity contribution is 5.85. The Labute approximate surface area is 179 Å². The molecule has 2 aliphatic rings. The van der Waals surface area contributed by atoms with Crippen molar-refractivity contribution in [2.75, 3.05) is 5.32 Å². The van der Waals surface area contributed by atoms with Gasteiger partial charge in [-0.15, -0.1) is 0 Å². The van der Waals surface area contributed by atoms with Crippen molar-refractivity contribution in [3.05, 3.63) is 76.6 Å². The van der Waals surface area contributed by atoms with Crippen LogP contribution in [0.15, 0.2) is 48.6 Å². The molecule has 1 N–H and O–H groups in total. The fraction of sp³-hybridized carbons (Fsp3) is 0.273. The van der Waals surface area contributed by atoms with Crippen molar-refractivity contribution in [3.8, 4) is 5.75 Å². The molecular formula is C22H22N8O. The largest absolute Gasteiger partial charge is 0.480 e. The van der Waals surface area contributed by atoms with Crippen molar-refractivity contribution in [1.29, 1.82) is 0 Å². The lowest BCUT2D eigenvalue weighted by Crippen LogP contribution is -2.32. The van der Waals surface area contributed by atoms with Crippen LogP contribution in [0.3, 0.4) is 0 Å². The second kappa shape index (κ2) is 6.31. The molecule has 6 rings (SSSR count). The highest BCUT2D eigenvalue weighted by Gasteiger charge is 2.42. The quantitative estimate of drug-likeness (QED) is 0.543. The molecule has 0 unspecified atom stereocenters. The van der Waals surface area contributed by atoms with E-state index >= 15 is 0 Å². The summed E-state index contributed by atoms with van der Waals surface area (Å²) < 4.78 is 12.2. The first-order valence-corrected chi connectivity index (χ1v) is 10.2. The minimum Gasteiger partial charge on any atom is -0.480 e. The third kappa shape index (κ3) is 2.56. The number of hydrogen-bond acceptors (Lipinski definition) is 6. The lowest BCUT2D eigenvalue weighted by molar-refractivity contribution is 0.222. The second-order valence-corrected chi connectivity index (χ2v) is 8.07. The van der Waals surface area contributed by atoms with E-state index < -0.39 is 0 Å². The Balaban J connectivity index is 1.66. The fourth-order valence-corrected chi connectivity index (χ4v) is 4.74. The predicted octanol–water partition coefficient (Wildman–Crippen LogP) is 2.92. The van der Waals surface area contributed by atoms with E-state index in [4.69, 9.17) is 4.74 Å². The van der Waals surface area contributed by atoms with Crippen molar-refractivity contribution in [2.24, 2.45) is 14.1 Å². The van der Waals surface area contributed by atoms with Gasteiger partial charge in [0.2, 0.25) is 5.95 Å². The number of nitrogens with one attached hydrogen (secondary N) is 1. The molecule has 0 bridgehead atoms. The summed E-state index contributed by atoms with van der Waals surface area (Å²) in [6.45, 7) is 4.04. The summed E-state index contributed by atoms with van der Waals surface area (Å²) in [7, 11) is 3.87. The van der Waals surface area contributed by atoms with E-state index in [1.165, 1.54) is 0 Å². The van der Waals surface area contributed by atoms with Crippen molar-refractivity contribution in [2.45, 2.75) is 26.0 Å². The summed E-state index contributed by atoms with van der Waals surface area (Å²) in [4.78, 5) is 4.47. The van der Waals surface area contributed by atoms with Crippen molar-refractivity contribution >= 4 is 11.6 Å². The third-order valence-electron chi connectivity index (χ3n) is 6.00. The number of fused-ring (bicyclic) bond motifs is 3. The van der Waals surface area contributed by atoms with E-state index in [-0.39, 0.29) is 12.1 Å². The molecule has 9 nitrogen and oxygen atoms in total. The molecule has 0 fully saturated rings. The van der Waals surface area contributed by atoms with Crippen molar-refractivity contribution in [3.63, 3.8) is 0 Å². The minimum absolute atomic E-state index is 0.208. The summed E-state index contributed by atoms with van der Waals surface area (Å²) >= 11 is 0. The summed E-state index contributed by atoms with van der Waals surface area (Å²) in [5.41, 5.74) is 7.07. The topological polar surface area (TPSA) is 87.6 Å².